The van der Waals surface area contributed by atoms with E-state index in [0.29, 0.717) is 5.71 Å². The van der Waals surface area contributed by atoms with Crippen LogP contribution in [0.1, 0.15) is 5.56 Å². The number of nitrogens with zero attached hydrogens (tertiary/aromatic N) is 4. The molecule has 1 aromatic rings. The van der Waals surface area contributed by atoms with Gasteiger partial charge in [-0.1, -0.05) is 35.4 Å². The Hall–Kier alpha value is -2.11. The Labute approximate surface area is 97.8 Å². The second-order valence-electron chi connectivity index (χ2n) is 2.79. The molecule has 82 valence electrons. The third kappa shape index (κ3) is 3.95. The summed E-state index contributed by atoms with van der Waals surface area (Å²) >= 11 is 4.63. The molecule has 6 nitrogen and oxygen atoms in total. The van der Waals surface area contributed by atoms with Crippen LogP contribution in [0.15, 0.2) is 40.5 Å². The average molecular weight is 234 g/mol. The summed E-state index contributed by atoms with van der Waals surface area (Å²) in [7, 11) is 0. The minimum Gasteiger partial charge on any atom is -0.375 e. The lowest BCUT2D eigenvalue weighted by atomic mass is 10.1. The highest BCUT2D eigenvalue weighted by molar-refractivity contribution is 7.80. The standard InChI is InChI=1S/C9H10N6S/c10-9(16)14-13-8(6-12-15-11)7-4-2-1-3-5-7/h1-5H,6H2,(H3,10,14,16). The van der Waals surface area contributed by atoms with Gasteiger partial charge in [0.2, 0.25) is 0 Å². The molecule has 16 heavy (non-hydrogen) atoms. The number of benzene rings is 1. The van der Waals surface area contributed by atoms with Gasteiger partial charge in [-0.25, -0.2) is 0 Å². The Bertz CT molecular complexity index is 435. The van der Waals surface area contributed by atoms with E-state index < -0.39 is 0 Å². The zero-order valence-electron chi connectivity index (χ0n) is 8.37. The van der Waals surface area contributed by atoms with Crippen LogP contribution >= 0.6 is 12.2 Å². The third-order valence-electron chi connectivity index (χ3n) is 1.69. The number of hydrogen-bond donors (Lipinski definition) is 2. The summed E-state index contributed by atoms with van der Waals surface area (Å²) in [5.41, 5.74) is 17.4. The minimum atomic E-state index is 0.0642. The molecule has 0 aliphatic rings. The summed E-state index contributed by atoms with van der Waals surface area (Å²) in [5.74, 6) is 0. The van der Waals surface area contributed by atoms with Crippen LogP contribution in [-0.4, -0.2) is 17.4 Å². The molecular formula is C9H10N6S. The SMILES string of the molecule is [N-]=[N+]=NCC(=NNC(N)=S)c1ccccc1. The van der Waals surface area contributed by atoms with E-state index in [9.17, 15) is 0 Å². The second-order valence-corrected chi connectivity index (χ2v) is 3.23. The van der Waals surface area contributed by atoms with Gasteiger partial charge < -0.3 is 5.73 Å². The lowest BCUT2D eigenvalue weighted by Crippen LogP contribution is -2.26. The molecule has 0 heterocycles. The number of hydrogen-bond acceptors (Lipinski definition) is 3. The highest BCUT2D eigenvalue weighted by atomic mass is 32.1. The molecule has 0 spiro atoms. The van der Waals surface area contributed by atoms with Gasteiger partial charge in [0.15, 0.2) is 5.11 Å². The van der Waals surface area contributed by atoms with Crippen LogP contribution in [0.5, 0.6) is 0 Å². The van der Waals surface area contributed by atoms with Crippen LogP contribution in [0, 0.1) is 0 Å². The quantitative estimate of drug-likeness (QED) is 0.206. The Morgan fingerprint density at radius 3 is 2.69 bits per heavy atom. The molecule has 1 rings (SSSR count). The molecule has 0 amide bonds. The van der Waals surface area contributed by atoms with Gasteiger partial charge in [0.25, 0.3) is 0 Å². The first-order valence-electron chi connectivity index (χ1n) is 4.42. The summed E-state index contributed by atoms with van der Waals surface area (Å²) in [5, 5.41) is 7.48. The van der Waals surface area contributed by atoms with Crippen molar-refractivity contribution in [3.8, 4) is 0 Å². The molecule has 0 atom stereocenters. The van der Waals surface area contributed by atoms with Crippen LogP contribution in [0.4, 0.5) is 0 Å². The lowest BCUT2D eigenvalue weighted by Gasteiger charge is -2.03. The second kappa shape index (κ2) is 6.39. The molecule has 0 unspecified atom stereocenters. The largest absolute Gasteiger partial charge is 0.375 e. The van der Waals surface area contributed by atoms with Crippen molar-refractivity contribution in [2.24, 2.45) is 15.9 Å². The molecule has 0 saturated heterocycles. The fraction of sp³-hybridized carbons (Fsp3) is 0.111. The van der Waals surface area contributed by atoms with Crippen molar-refractivity contribution in [3.63, 3.8) is 0 Å². The lowest BCUT2D eigenvalue weighted by molar-refractivity contribution is 1.02. The first kappa shape index (κ1) is 12.0. The van der Waals surface area contributed by atoms with Crippen LogP contribution < -0.4 is 11.2 Å². The van der Waals surface area contributed by atoms with Crippen LogP contribution in [0.25, 0.3) is 10.4 Å². The summed E-state index contributed by atoms with van der Waals surface area (Å²) in [4.78, 5) is 2.68. The molecule has 0 aliphatic heterocycles. The molecule has 3 N–H and O–H groups in total. The summed E-state index contributed by atoms with van der Waals surface area (Å²) in [6.45, 7) is 0.135. The van der Waals surface area contributed by atoms with Gasteiger partial charge in [0, 0.05) is 4.91 Å². The molecule has 0 radical (unpaired) electrons. The third-order valence-corrected chi connectivity index (χ3v) is 1.78. The molecule has 0 bridgehead atoms. The molecule has 0 fully saturated rings. The monoisotopic (exact) mass is 234 g/mol. The smallest absolute Gasteiger partial charge is 0.184 e. The van der Waals surface area contributed by atoms with E-state index in [0.717, 1.165) is 5.56 Å². The molecule has 1 aromatic carbocycles. The maximum atomic E-state index is 8.27. The van der Waals surface area contributed by atoms with Crippen molar-refractivity contribution in [1.82, 2.24) is 5.43 Å². The minimum absolute atomic E-state index is 0.0642. The van der Waals surface area contributed by atoms with E-state index in [2.05, 4.69) is 32.8 Å². The van der Waals surface area contributed by atoms with Crippen molar-refractivity contribution in [2.75, 3.05) is 6.54 Å². The van der Waals surface area contributed by atoms with Crippen molar-refractivity contribution >= 4 is 23.0 Å². The van der Waals surface area contributed by atoms with E-state index in [-0.39, 0.29) is 11.7 Å². The number of nitrogens with one attached hydrogen (secondary N) is 1. The van der Waals surface area contributed by atoms with Crippen LogP contribution in [-0.2, 0) is 0 Å². The van der Waals surface area contributed by atoms with E-state index in [1.165, 1.54) is 0 Å². The maximum Gasteiger partial charge on any atom is 0.184 e. The fourth-order valence-electron chi connectivity index (χ4n) is 1.04. The van der Waals surface area contributed by atoms with E-state index >= 15 is 0 Å². The van der Waals surface area contributed by atoms with Gasteiger partial charge in [-0.2, -0.15) is 5.10 Å². The highest BCUT2D eigenvalue weighted by Crippen LogP contribution is 2.01. The van der Waals surface area contributed by atoms with Crippen LogP contribution in [0.3, 0.4) is 0 Å². The normalized spacial score (nSPS) is 10.4. The van der Waals surface area contributed by atoms with Gasteiger partial charge in [0.05, 0.1) is 12.3 Å². The first-order valence-corrected chi connectivity index (χ1v) is 4.83. The topological polar surface area (TPSA) is 99.2 Å². The van der Waals surface area contributed by atoms with E-state index in [1.807, 2.05) is 30.3 Å². The number of thiocarbonyl (C=S) groups is 1. The Morgan fingerprint density at radius 1 is 1.44 bits per heavy atom. The van der Waals surface area contributed by atoms with Crippen molar-refractivity contribution < 1.29 is 0 Å². The highest BCUT2D eigenvalue weighted by Gasteiger charge is 2.01. The van der Waals surface area contributed by atoms with E-state index in [4.69, 9.17) is 11.3 Å². The Kier molecular flexibility index (Phi) is 4.78. The molecule has 0 aliphatic carbocycles. The molecule has 0 saturated carbocycles. The number of rotatable bonds is 4. The number of nitrogens with two attached hydrogens (primary N) is 1. The van der Waals surface area contributed by atoms with Gasteiger partial charge in [-0.05, 0) is 23.3 Å². The summed E-state index contributed by atoms with van der Waals surface area (Å²) in [6.07, 6.45) is 0. The van der Waals surface area contributed by atoms with Crippen molar-refractivity contribution in [2.45, 2.75) is 0 Å². The average Bonchev–Trinajstić information content (AvgIpc) is 2.30. The van der Waals surface area contributed by atoms with Gasteiger partial charge in [0.1, 0.15) is 0 Å². The van der Waals surface area contributed by atoms with Gasteiger partial charge in [-0.15, -0.1) is 0 Å². The zero-order chi connectivity index (χ0) is 11.8. The van der Waals surface area contributed by atoms with Crippen molar-refractivity contribution in [3.05, 3.63) is 46.3 Å². The fourth-order valence-corrected chi connectivity index (χ4v) is 1.09. The van der Waals surface area contributed by atoms with E-state index in [1.54, 1.807) is 0 Å². The Morgan fingerprint density at radius 2 is 2.12 bits per heavy atom. The number of hydrazone groups is 1. The predicted octanol–water partition coefficient (Wildman–Crippen LogP) is 1.53. The van der Waals surface area contributed by atoms with Crippen LogP contribution in [0.2, 0.25) is 0 Å². The van der Waals surface area contributed by atoms with Gasteiger partial charge >= 0.3 is 0 Å². The number of azide groups is 1. The van der Waals surface area contributed by atoms with Crippen molar-refractivity contribution in [1.29, 1.82) is 0 Å². The summed E-state index contributed by atoms with van der Waals surface area (Å²) in [6, 6.07) is 9.32. The maximum absolute atomic E-state index is 8.27. The van der Waals surface area contributed by atoms with Gasteiger partial charge in [-0.3, -0.25) is 5.43 Å². The predicted molar refractivity (Wildman–Crippen MR) is 66.9 cm³/mol. The molecular weight excluding hydrogens is 224 g/mol. The molecule has 7 heteroatoms. The Balaban J connectivity index is 2.91. The zero-order valence-corrected chi connectivity index (χ0v) is 9.18. The summed E-state index contributed by atoms with van der Waals surface area (Å²) < 4.78 is 0. The first-order chi connectivity index (χ1) is 7.74. The molecule has 0 aromatic heterocycles.